The molecule has 1 aromatic rings. The molecule has 0 spiro atoms. The number of ether oxygens (including phenoxy) is 2. The van der Waals surface area contributed by atoms with Gasteiger partial charge in [-0.3, -0.25) is 0 Å². The third kappa shape index (κ3) is 2.41. The summed E-state index contributed by atoms with van der Waals surface area (Å²) in [4.78, 5) is 11.4. The number of carbonyl (C=O) groups is 1. The Morgan fingerprint density at radius 2 is 2.00 bits per heavy atom. The van der Waals surface area contributed by atoms with E-state index in [0.29, 0.717) is 5.92 Å². The van der Waals surface area contributed by atoms with Crippen LogP contribution in [0.4, 0.5) is 0 Å². The predicted octanol–water partition coefficient (Wildman–Crippen LogP) is 2.67. The van der Waals surface area contributed by atoms with Crippen molar-refractivity contribution in [1.82, 2.24) is 0 Å². The zero-order chi connectivity index (χ0) is 13.3. The first-order chi connectivity index (χ1) is 8.47. The molecule has 0 radical (unpaired) electrons. The van der Waals surface area contributed by atoms with Crippen LogP contribution in [0.5, 0.6) is 0 Å². The fourth-order valence-electron chi connectivity index (χ4n) is 2.25. The van der Waals surface area contributed by atoms with Gasteiger partial charge in [-0.05, 0) is 30.4 Å². The van der Waals surface area contributed by atoms with E-state index in [-0.39, 0.29) is 5.97 Å². The van der Waals surface area contributed by atoms with Crippen molar-refractivity contribution in [2.45, 2.75) is 38.9 Å². The summed E-state index contributed by atoms with van der Waals surface area (Å²) in [5.74, 6) is 0.343. The summed E-state index contributed by atoms with van der Waals surface area (Å²) in [6.07, 6.45) is 0.608. The van der Waals surface area contributed by atoms with E-state index in [1.165, 1.54) is 12.7 Å². The molecule has 1 heterocycles. The van der Waals surface area contributed by atoms with Crippen LogP contribution in [-0.2, 0) is 26.3 Å². The van der Waals surface area contributed by atoms with Crippen LogP contribution in [0.3, 0.4) is 0 Å². The lowest BCUT2D eigenvalue weighted by Crippen LogP contribution is -2.17. The minimum absolute atomic E-state index is 0.302. The van der Waals surface area contributed by atoms with Crippen LogP contribution in [0.1, 0.15) is 31.9 Å². The van der Waals surface area contributed by atoms with Crippen molar-refractivity contribution >= 4 is 5.97 Å². The van der Waals surface area contributed by atoms with E-state index in [1.54, 1.807) is 0 Å². The Hall–Kier alpha value is -1.35. The number of esters is 1. The Kier molecular flexibility index (Phi) is 3.44. The normalized spacial score (nSPS) is 26.2. The zero-order valence-electron chi connectivity index (χ0n) is 11.4. The molecule has 2 rings (SSSR count). The molecule has 1 fully saturated rings. The molecule has 1 aliphatic rings. The van der Waals surface area contributed by atoms with Gasteiger partial charge in [0.15, 0.2) is 6.10 Å². The molecule has 1 aliphatic heterocycles. The Balaban J connectivity index is 2.09. The lowest BCUT2D eigenvalue weighted by molar-refractivity contribution is -0.142. The van der Waals surface area contributed by atoms with Gasteiger partial charge >= 0.3 is 5.97 Å². The summed E-state index contributed by atoms with van der Waals surface area (Å²) < 4.78 is 10.2. The Bertz CT molecular complexity index is 436. The van der Waals surface area contributed by atoms with Crippen LogP contribution in [0.2, 0.25) is 0 Å². The second-order valence-electron chi connectivity index (χ2n) is 5.42. The van der Waals surface area contributed by atoms with Gasteiger partial charge in [-0.1, -0.05) is 38.1 Å². The predicted molar refractivity (Wildman–Crippen MR) is 69.2 cm³/mol. The van der Waals surface area contributed by atoms with Crippen LogP contribution in [0, 0.1) is 5.92 Å². The molecular weight excluding hydrogens is 228 g/mol. The van der Waals surface area contributed by atoms with E-state index in [1.807, 2.05) is 19.1 Å². The van der Waals surface area contributed by atoms with Crippen molar-refractivity contribution < 1.29 is 14.3 Å². The van der Waals surface area contributed by atoms with Crippen molar-refractivity contribution in [3.05, 3.63) is 35.4 Å². The number of hydrogen-bond donors (Lipinski definition) is 0. The summed E-state index contributed by atoms with van der Waals surface area (Å²) >= 11 is 0. The summed E-state index contributed by atoms with van der Waals surface area (Å²) in [6, 6.07) is 8.30. The van der Waals surface area contributed by atoms with Crippen molar-refractivity contribution in [3.63, 3.8) is 0 Å². The molecule has 1 saturated heterocycles. The molecule has 2 atom stereocenters. The van der Waals surface area contributed by atoms with Gasteiger partial charge in [0.05, 0.1) is 7.11 Å². The second-order valence-corrected chi connectivity index (χ2v) is 5.42. The van der Waals surface area contributed by atoms with Crippen molar-refractivity contribution in [2.24, 2.45) is 5.92 Å². The topological polar surface area (TPSA) is 38.8 Å². The molecule has 3 nitrogen and oxygen atoms in total. The fourth-order valence-corrected chi connectivity index (χ4v) is 2.25. The first-order valence-electron chi connectivity index (χ1n) is 6.32. The van der Waals surface area contributed by atoms with Crippen molar-refractivity contribution in [1.29, 1.82) is 0 Å². The number of rotatable bonds is 4. The lowest BCUT2D eigenvalue weighted by atomic mass is 9.94. The van der Waals surface area contributed by atoms with E-state index in [2.05, 4.69) is 26.0 Å². The summed E-state index contributed by atoms with van der Waals surface area (Å²) in [6.45, 7) is 6.32. The first-order valence-corrected chi connectivity index (χ1v) is 6.32. The van der Waals surface area contributed by atoms with Gasteiger partial charge < -0.3 is 9.47 Å². The van der Waals surface area contributed by atoms with E-state index in [0.717, 1.165) is 12.0 Å². The SMILES string of the molecule is COC(=O)C1OC1(C)c1ccc(CC(C)C)cc1. The maximum Gasteiger partial charge on any atom is 0.338 e. The number of benzene rings is 1. The Morgan fingerprint density at radius 3 is 2.50 bits per heavy atom. The highest BCUT2D eigenvalue weighted by Crippen LogP contribution is 2.46. The quantitative estimate of drug-likeness (QED) is 0.607. The van der Waals surface area contributed by atoms with Crippen LogP contribution in [0.15, 0.2) is 24.3 Å². The van der Waals surface area contributed by atoms with Crippen LogP contribution in [-0.4, -0.2) is 19.2 Å². The molecule has 0 bridgehead atoms. The highest BCUT2D eigenvalue weighted by molar-refractivity contribution is 5.79. The molecular formula is C15H20O3. The van der Waals surface area contributed by atoms with E-state index < -0.39 is 11.7 Å². The van der Waals surface area contributed by atoms with Gasteiger partial charge in [0.2, 0.25) is 0 Å². The van der Waals surface area contributed by atoms with Gasteiger partial charge in [-0.25, -0.2) is 4.79 Å². The highest BCUT2D eigenvalue weighted by atomic mass is 16.6. The molecule has 0 amide bonds. The largest absolute Gasteiger partial charge is 0.467 e. The number of methoxy groups -OCH3 is 1. The van der Waals surface area contributed by atoms with Crippen LogP contribution in [0.25, 0.3) is 0 Å². The summed E-state index contributed by atoms with van der Waals surface area (Å²) in [7, 11) is 1.39. The van der Waals surface area contributed by atoms with Gasteiger partial charge in [0.25, 0.3) is 0 Å². The lowest BCUT2D eigenvalue weighted by Gasteiger charge is -2.09. The first kappa shape index (κ1) is 13.1. The average Bonchev–Trinajstić information content (AvgIpc) is 3.02. The molecule has 18 heavy (non-hydrogen) atoms. The molecule has 98 valence electrons. The number of epoxide rings is 1. The third-order valence-corrected chi connectivity index (χ3v) is 3.39. The van der Waals surface area contributed by atoms with E-state index in [4.69, 9.17) is 9.47 Å². The number of hydrogen-bond acceptors (Lipinski definition) is 3. The molecule has 3 heteroatoms. The number of carbonyl (C=O) groups excluding carboxylic acids is 1. The van der Waals surface area contributed by atoms with Crippen molar-refractivity contribution in [2.75, 3.05) is 7.11 Å². The highest BCUT2D eigenvalue weighted by Gasteiger charge is 2.59. The molecule has 0 saturated carbocycles. The zero-order valence-corrected chi connectivity index (χ0v) is 11.4. The van der Waals surface area contributed by atoms with Crippen LogP contribution < -0.4 is 0 Å². The maximum atomic E-state index is 11.4. The van der Waals surface area contributed by atoms with Gasteiger partial charge in [-0.2, -0.15) is 0 Å². The standard InChI is InChI=1S/C15H20O3/c1-10(2)9-11-5-7-12(8-6-11)15(3)13(18-15)14(16)17-4/h5-8,10,13H,9H2,1-4H3. The Morgan fingerprint density at radius 1 is 1.39 bits per heavy atom. The Labute approximate surface area is 108 Å². The third-order valence-electron chi connectivity index (χ3n) is 3.39. The molecule has 1 aromatic carbocycles. The van der Waals surface area contributed by atoms with Gasteiger partial charge in [-0.15, -0.1) is 0 Å². The molecule has 0 aliphatic carbocycles. The van der Waals surface area contributed by atoms with Crippen LogP contribution >= 0.6 is 0 Å². The molecule has 2 unspecified atom stereocenters. The van der Waals surface area contributed by atoms with E-state index >= 15 is 0 Å². The summed E-state index contributed by atoms with van der Waals surface area (Å²) in [5.41, 5.74) is 1.83. The summed E-state index contributed by atoms with van der Waals surface area (Å²) in [5, 5.41) is 0. The average molecular weight is 248 g/mol. The minimum atomic E-state index is -0.510. The van der Waals surface area contributed by atoms with Gasteiger partial charge in [0.1, 0.15) is 5.60 Å². The minimum Gasteiger partial charge on any atom is -0.467 e. The monoisotopic (exact) mass is 248 g/mol. The van der Waals surface area contributed by atoms with Crippen molar-refractivity contribution in [3.8, 4) is 0 Å². The molecule has 0 N–H and O–H groups in total. The van der Waals surface area contributed by atoms with Gasteiger partial charge in [0, 0.05) is 0 Å². The fraction of sp³-hybridized carbons (Fsp3) is 0.533. The van der Waals surface area contributed by atoms with E-state index in [9.17, 15) is 4.79 Å². The molecule has 0 aromatic heterocycles. The maximum absolute atomic E-state index is 11.4. The smallest absolute Gasteiger partial charge is 0.338 e. The second kappa shape index (κ2) is 4.73.